The smallest absolute Gasteiger partial charge is 0.180 e. The summed E-state index contributed by atoms with van der Waals surface area (Å²) >= 11 is 0. The lowest BCUT2D eigenvalue weighted by Crippen LogP contribution is -1.67. The van der Waals surface area contributed by atoms with Gasteiger partial charge in [0.15, 0.2) is 34.2 Å². The lowest BCUT2D eigenvalue weighted by Gasteiger charge is -1.95. The van der Waals surface area contributed by atoms with E-state index in [0.717, 1.165) is 0 Å². The highest BCUT2D eigenvalue weighted by Crippen LogP contribution is 2.41. The zero-order valence-corrected chi connectivity index (χ0v) is 11.1. The Morgan fingerprint density at radius 3 is 1.27 bits per heavy atom. The van der Waals surface area contributed by atoms with Crippen LogP contribution in [0.3, 0.4) is 0 Å². The molecule has 0 saturated carbocycles. The monoisotopic (exact) mass is 298 g/mol. The first kappa shape index (κ1) is 12.5. The average Bonchev–Trinajstić information content (AvgIpc) is 3.12. The van der Waals surface area contributed by atoms with Gasteiger partial charge < -0.3 is 29.3 Å². The van der Waals surface area contributed by atoms with E-state index in [1.165, 1.54) is 36.4 Å². The number of phenolic OH excluding ortho intramolecular Hbond substituents is 4. The zero-order chi connectivity index (χ0) is 15.4. The molecule has 110 valence electrons. The highest BCUT2D eigenvalue weighted by molar-refractivity contribution is 5.94. The van der Waals surface area contributed by atoms with Crippen LogP contribution in [-0.2, 0) is 0 Å². The highest BCUT2D eigenvalue weighted by atomic mass is 16.4. The minimum Gasteiger partial charge on any atom is -0.507 e. The van der Waals surface area contributed by atoms with Gasteiger partial charge in [-0.05, 0) is 36.4 Å². The topological polar surface area (TPSA) is 107 Å². The quantitative estimate of drug-likeness (QED) is 0.399. The molecule has 0 saturated heterocycles. The molecule has 0 atom stereocenters. The van der Waals surface area contributed by atoms with Crippen LogP contribution in [0.4, 0.5) is 0 Å². The summed E-state index contributed by atoms with van der Waals surface area (Å²) in [5.41, 5.74) is 0.257. The third-order valence-corrected chi connectivity index (χ3v) is 3.52. The molecule has 4 N–H and O–H groups in total. The van der Waals surface area contributed by atoms with Crippen molar-refractivity contribution in [3.8, 4) is 34.5 Å². The van der Waals surface area contributed by atoms with E-state index < -0.39 is 0 Å². The Balaban J connectivity index is 1.99. The van der Waals surface area contributed by atoms with Crippen LogP contribution >= 0.6 is 0 Å². The van der Waals surface area contributed by atoms with E-state index in [4.69, 9.17) is 8.83 Å². The van der Waals surface area contributed by atoms with E-state index in [1.54, 1.807) is 0 Å². The van der Waals surface area contributed by atoms with Gasteiger partial charge in [0.2, 0.25) is 0 Å². The predicted octanol–water partition coefficient (Wildman–Crippen LogP) is 3.67. The Labute approximate surface area is 123 Å². The van der Waals surface area contributed by atoms with Crippen LogP contribution in [-0.4, -0.2) is 20.4 Å². The van der Waals surface area contributed by atoms with Crippen molar-refractivity contribution >= 4 is 21.9 Å². The summed E-state index contributed by atoms with van der Waals surface area (Å²) in [4.78, 5) is 0. The number of hydrogen-bond acceptors (Lipinski definition) is 6. The lowest BCUT2D eigenvalue weighted by atomic mass is 10.2. The van der Waals surface area contributed by atoms with Crippen molar-refractivity contribution in [1.82, 2.24) is 0 Å². The number of rotatable bonds is 1. The minimum absolute atomic E-state index is 0.0374. The van der Waals surface area contributed by atoms with Crippen LogP contribution in [0.5, 0.6) is 23.0 Å². The first-order valence-electron chi connectivity index (χ1n) is 6.44. The molecule has 0 radical (unpaired) electrons. The molecule has 0 unspecified atom stereocenters. The van der Waals surface area contributed by atoms with E-state index >= 15 is 0 Å². The highest BCUT2D eigenvalue weighted by Gasteiger charge is 2.18. The third kappa shape index (κ3) is 1.61. The van der Waals surface area contributed by atoms with Crippen LogP contribution < -0.4 is 0 Å². The molecule has 0 spiro atoms. The van der Waals surface area contributed by atoms with E-state index in [9.17, 15) is 20.4 Å². The SMILES string of the molecule is Oc1ccc(O)c2oc(-c3cc4c(O)ccc(O)c4o3)cc12. The van der Waals surface area contributed by atoms with Gasteiger partial charge in [0.05, 0.1) is 10.8 Å². The second-order valence-corrected chi connectivity index (χ2v) is 4.91. The maximum atomic E-state index is 9.80. The molecular weight excluding hydrogens is 288 g/mol. The normalized spacial score (nSPS) is 11.5. The Morgan fingerprint density at radius 1 is 0.545 bits per heavy atom. The summed E-state index contributed by atoms with van der Waals surface area (Å²) in [6, 6.07) is 8.37. The summed E-state index contributed by atoms with van der Waals surface area (Å²) in [7, 11) is 0. The van der Waals surface area contributed by atoms with Gasteiger partial charge in [0, 0.05) is 0 Å². The molecule has 0 fully saturated rings. The summed E-state index contributed by atoms with van der Waals surface area (Å²) in [6.45, 7) is 0. The first-order chi connectivity index (χ1) is 10.5. The maximum absolute atomic E-state index is 9.80. The first-order valence-corrected chi connectivity index (χ1v) is 6.44. The number of furan rings is 2. The average molecular weight is 298 g/mol. The number of fused-ring (bicyclic) bond motifs is 2. The number of hydrogen-bond donors (Lipinski definition) is 4. The summed E-state index contributed by atoms with van der Waals surface area (Å²) in [5.74, 6) is 0.208. The summed E-state index contributed by atoms with van der Waals surface area (Å²) in [5, 5.41) is 39.8. The van der Waals surface area contributed by atoms with Crippen LogP contribution in [0.1, 0.15) is 0 Å². The fourth-order valence-electron chi connectivity index (χ4n) is 2.43. The number of benzene rings is 2. The van der Waals surface area contributed by atoms with Crippen molar-refractivity contribution in [2.24, 2.45) is 0 Å². The van der Waals surface area contributed by atoms with Gasteiger partial charge in [-0.3, -0.25) is 0 Å². The molecule has 6 nitrogen and oxygen atoms in total. The van der Waals surface area contributed by atoms with Crippen molar-refractivity contribution in [1.29, 1.82) is 0 Å². The predicted molar refractivity (Wildman–Crippen MR) is 78.1 cm³/mol. The third-order valence-electron chi connectivity index (χ3n) is 3.52. The van der Waals surface area contributed by atoms with Crippen molar-refractivity contribution in [3.05, 3.63) is 36.4 Å². The Hall–Kier alpha value is -3.28. The zero-order valence-electron chi connectivity index (χ0n) is 11.1. The van der Waals surface area contributed by atoms with Crippen molar-refractivity contribution < 1.29 is 29.3 Å². The molecule has 0 aliphatic heterocycles. The molecule has 2 aromatic carbocycles. The van der Waals surface area contributed by atoms with Gasteiger partial charge >= 0.3 is 0 Å². The van der Waals surface area contributed by atoms with E-state index in [0.29, 0.717) is 10.8 Å². The van der Waals surface area contributed by atoms with Crippen LogP contribution in [0, 0.1) is 0 Å². The van der Waals surface area contributed by atoms with Crippen LogP contribution in [0.15, 0.2) is 45.2 Å². The number of aromatic hydroxyl groups is 4. The molecule has 4 rings (SSSR count). The Kier molecular flexibility index (Phi) is 2.33. The van der Waals surface area contributed by atoms with Gasteiger partial charge in [-0.15, -0.1) is 0 Å². The Morgan fingerprint density at radius 2 is 0.909 bits per heavy atom. The molecule has 0 amide bonds. The van der Waals surface area contributed by atoms with Gasteiger partial charge in [0.25, 0.3) is 0 Å². The lowest BCUT2D eigenvalue weighted by molar-refractivity contribution is 0.453. The molecule has 6 heteroatoms. The molecule has 2 heterocycles. The summed E-state index contributed by atoms with van der Waals surface area (Å²) < 4.78 is 11.0. The van der Waals surface area contributed by atoms with Crippen molar-refractivity contribution in [2.75, 3.05) is 0 Å². The molecule has 0 bridgehead atoms. The van der Waals surface area contributed by atoms with Gasteiger partial charge in [0.1, 0.15) is 11.5 Å². The van der Waals surface area contributed by atoms with Gasteiger partial charge in [-0.25, -0.2) is 0 Å². The molecule has 0 aliphatic carbocycles. The van der Waals surface area contributed by atoms with Crippen molar-refractivity contribution in [2.45, 2.75) is 0 Å². The van der Waals surface area contributed by atoms with Crippen LogP contribution in [0.25, 0.3) is 33.5 Å². The molecular formula is C16H10O6. The fourth-order valence-corrected chi connectivity index (χ4v) is 2.43. The maximum Gasteiger partial charge on any atom is 0.180 e. The second-order valence-electron chi connectivity index (χ2n) is 4.91. The van der Waals surface area contributed by atoms with E-state index in [1.807, 2.05) is 0 Å². The Bertz CT molecular complexity index is 862. The summed E-state index contributed by atoms with van der Waals surface area (Å²) in [6.07, 6.45) is 0. The van der Waals surface area contributed by atoms with Gasteiger partial charge in [-0.2, -0.15) is 0 Å². The largest absolute Gasteiger partial charge is 0.507 e. The molecule has 4 aromatic rings. The molecule has 22 heavy (non-hydrogen) atoms. The molecule has 2 aromatic heterocycles. The molecule has 0 aliphatic rings. The van der Waals surface area contributed by atoms with E-state index in [2.05, 4.69) is 0 Å². The number of phenols is 4. The van der Waals surface area contributed by atoms with Gasteiger partial charge in [-0.1, -0.05) is 0 Å². The minimum atomic E-state index is -0.110. The van der Waals surface area contributed by atoms with E-state index in [-0.39, 0.29) is 45.7 Å². The standard InChI is InChI=1S/C16H10O6/c17-9-1-3-11(19)15-7(9)5-13(21-15)14-6-8-10(18)2-4-12(20)16(8)22-14/h1-6,17-20H. The fraction of sp³-hybridized carbons (Fsp3) is 0. The van der Waals surface area contributed by atoms with Crippen molar-refractivity contribution in [3.63, 3.8) is 0 Å². The van der Waals surface area contributed by atoms with Crippen LogP contribution in [0.2, 0.25) is 0 Å². The second kappa shape index (κ2) is 4.11.